The topological polar surface area (TPSA) is 76.4 Å². The molecule has 0 spiro atoms. The summed E-state index contributed by atoms with van der Waals surface area (Å²) in [6, 6.07) is 15.2. The first-order valence-corrected chi connectivity index (χ1v) is 9.99. The smallest absolute Gasteiger partial charge is 0.263 e. The Kier molecular flexibility index (Phi) is 4.33. The minimum absolute atomic E-state index is 0.0326. The number of fused-ring (bicyclic) bond motifs is 1. The Bertz CT molecular complexity index is 1250. The van der Waals surface area contributed by atoms with E-state index in [4.69, 9.17) is 11.6 Å². The largest absolute Gasteiger partial charge is 0.288 e. The number of imidazole rings is 1. The summed E-state index contributed by atoms with van der Waals surface area (Å²) in [5.41, 5.74) is 2.88. The van der Waals surface area contributed by atoms with Gasteiger partial charge >= 0.3 is 0 Å². The molecule has 2 aromatic carbocycles. The van der Waals surface area contributed by atoms with Crippen LogP contribution in [0.1, 0.15) is 5.69 Å². The van der Waals surface area contributed by atoms with Gasteiger partial charge in [0.1, 0.15) is 4.90 Å². The molecule has 0 unspecified atom stereocenters. The maximum Gasteiger partial charge on any atom is 0.263 e. The summed E-state index contributed by atoms with van der Waals surface area (Å²) in [5, 5.41) is 0.170. The van der Waals surface area contributed by atoms with Crippen molar-refractivity contribution in [1.82, 2.24) is 14.4 Å². The monoisotopic (exact) mass is 398 g/mol. The van der Waals surface area contributed by atoms with E-state index in [1.54, 1.807) is 42.6 Å². The van der Waals surface area contributed by atoms with Crippen molar-refractivity contribution in [2.24, 2.45) is 0 Å². The van der Waals surface area contributed by atoms with E-state index in [9.17, 15) is 8.42 Å². The number of aryl methyl sites for hydroxylation is 1. The van der Waals surface area contributed by atoms with Crippen molar-refractivity contribution in [1.29, 1.82) is 0 Å². The molecule has 0 fully saturated rings. The van der Waals surface area contributed by atoms with Crippen LogP contribution in [0.5, 0.6) is 0 Å². The minimum Gasteiger partial charge on any atom is -0.288 e. The van der Waals surface area contributed by atoms with Crippen LogP contribution < -0.4 is 4.72 Å². The Balaban J connectivity index is 1.73. The van der Waals surface area contributed by atoms with E-state index in [-0.39, 0.29) is 9.92 Å². The molecule has 0 amide bonds. The van der Waals surface area contributed by atoms with Crippen molar-refractivity contribution in [3.05, 3.63) is 77.7 Å². The molecule has 0 saturated heterocycles. The highest BCUT2D eigenvalue weighted by molar-refractivity contribution is 7.92. The average molecular weight is 399 g/mol. The number of hydrogen-bond donors (Lipinski definition) is 1. The summed E-state index contributed by atoms with van der Waals surface area (Å²) < 4.78 is 29.8. The average Bonchev–Trinajstić information content (AvgIpc) is 2.99. The van der Waals surface area contributed by atoms with Gasteiger partial charge in [-0.05, 0) is 37.3 Å². The zero-order valence-electron chi connectivity index (χ0n) is 14.3. The third kappa shape index (κ3) is 3.27. The van der Waals surface area contributed by atoms with Crippen LogP contribution in [-0.2, 0) is 10.0 Å². The second-order valence-corrected chi connectivity index (χ2v) is 8.01. The Morgan fingerprint density at radius 3 is 2.67 bits per heavy atom. The Labute approximate surface area is 161 Å². The van der Waals surface area contributed by atoms with E-state index in [2.05, 4.69) is 14.7 Å². The summed E-state index contributed by atoms with van der Waals surface area (Å²) in [4.78, 5) is 8.82. The summed E-state index contributed by atoms with van der Waals surface area (Å²) in [6.45, 7) is 1.94. The van der Waals surface area contributed by atoms with Crippen molar-refractivity contribution in [3.8, 4) is 11.3 Å². The molecule has 2 heterocycles. The van der Waals surface area contributed by atoms with E-state index >= 15 is 0 Å². The Morgan fingerprint density at radius 2 is 1.89 bits per heavy atom. The van der Waals surface area contributed by atoms with Gasteiger partial charge in [0.15, 0.2) is 0 Å². The first kappa shape index (κ1) is 17.5. The minimum atomic E-state index is -3.80. The maximum atomic E-state index is 12.7. The first-order valence-electron chi connectivity index (χ1n) is 8.13. The highest BCUT2D eigenvalue weighted by atomic mass is 35.5. The molecule has 0 aliphatic carbocycles. The van der Waals surface area contributed by atoms with Gasteiger partial charge in [0.05, 0.1) is 10.7 Å². The molecule has 8 heteroatoms. The van der Waals surface area contributed by atoms with Crippen LogP contribution in [0.2, 0.25) is 5.02 Å². The number of nitrogens with one attached hydrogen (secondary N) is 1. The Hall–Kier alpha value is -2.90. The van der Waals surface area contributed by atoms with Gasteiger partial charge in [-0.3, -0.25) is 9.12 Å². The third-order valence-corrected chi connectivity index (χ3v) is 6.04. The molecule has 0 aliphatic rings. The van der Waals surface area contributed by atoms with Crippen molar-refractivity contribution >= 4 is 33.1 Å². The highest BCUT2D eigenvalue weighted by Crippen LogP contribution is 2.28. The molecular formula is C19H15ClN4O2S. The number of aromatic nitrogens is 3. The van der Waals surface area contributed by atoms with Crippen LogP contribution in [-0.4, -0.2) is 22.8 Å². The fourth-order valence-corrected chi connectivity index (χ4v) is 4.45. The number of anilines is 1. The first-order chi connectivity index (χ1) is 13.0. The van der Waals surface area contributed by atoms with Crippen LogP contribution in [0, 0.1) is 6.92 Å². The predicted octanol–water partition coefficient (Wildman–Crippen LogP) is 4.16. The van der Waals surface area contributed by atoms with E-state index in [1.807, 2.05) is 29.7 Å². The van der Waals surface area contributed by atoms with E-state index in [1.165, 1.54) is 6.07 Å². The lowest BCUT2D eigenvalue weighted by Gasteiger charge is -2.10. The highest BCUT2D eigenvalue weighted by Gasteiger charge is 2.18. The zero-order chi connectivity index (χ0) is 19.0. The molecule has 0 bridgehead atoms. The lowest BCUT2D eigenvalue weighted by Crippen LogP contribution is -2.13. The molecule has 0 saturated carbocycles. The van der Waals surface area contributed by atoms with Gasteiger partial charge in [-0.2, -0.15) is 0 Å². The molecule has 4 aromatic rings. The summed E-state index contributed by atoms with van der Waals surface area (Å²) in [6.07, 6.45) is 3.57. The van der Waals surface area contributed by atoms with Crippen LogP contribution in [0.25, 0.3) is 17.0 Å². The van der Waals surface area contributed by atoms with E-state index < -0.39 is 10.0 Å². The molecule has 0 aliphatic heterocycles. The SMILES string of the molecule is Cc1c(-c2cccc(NS(=O)(=O)c3ccccc3Cl)c2)nc2ncccn12. The van der Waals surface area contributed by atoms with Crippen LogP contribution in [0.4, 0.5) is 5.69 Å². The molecule has 6 nitrogen and oxygen atoms in total. The Morgan fingerprint density at radius 1 is 1.07 bits per heavy atom. The van der Waals surface area contributed by atoms with Gasteiger partial charge in [0.25, 0.3) is 10.0 Å². The fourth-order valence-electron chi connectivity index (χ4n) is 2.88. The quantitative estimate of drug-likeness (QED) is 0.560. The molecule has 27 heavy (non-hydrogen) atoms. The normalized spacial score (nSPS) is 11.6. The standard InChI is InChI=1S/C19H15ClN4O2S/c1-13-18(22-19-21-10-5-11-24(13)19)14-6-4-7-15(12-14)23-27(25,26)17-9-3-2-8-16(17)20/h2-12,23H,1H3. The van der Waals surface area contributed by atoms with Gasteiger partial charge in [0.2, 0.25) is 5.78 Å². The zero-order valence-corrected chi connectivity index (χ0v) is 15.9. The second-order valence-electron chi connectivity index (χ2n) is 5.95. The molecule has 4 rings (SSSR count). The van der Waals surface area contributed by atoms with Crippen molar-refractivity contribution < 1.29 is 8.42 Å². The summed E-state index contributed by atoms with van der Waals surface area (Å²) >= 11 is 6.03. The number of hydrogen-bond acceptors (Lipinski definition) is 4. The van der Waals surface area contributed by atoms with E-state index in [0.717, 1.165) is 17.0 Å². The van der Waals surface area contributed by atoms with Gasteiger partial charge in [-0.1, -0.05) is 35.9 Å². The number of halogens is 1. The van der Waals surface area contributed by atoms with Crippen LogP contribution >= 0.6 is 11.6 Å². The maximum absolute atomic E-state index is 12.7. The van der Waals surface area contributed by atoms with Crippen LogP contribution in [0.3, 0.4) is 0 Å². The van der Waals surface area contributed by atoms with Gasteiger partial charge in [-0.15, -0.1) is 0 Å². The summed E-state index contributed by atoms with van der Waals surface area (Å²) in [5.74, 6) is 0.590. The third-order valence-electron chi connectivity index (χ3n) is 4.16. The lowest BCUT2D eigenvalue weighted by molar-refractivity contribution is 0.601. The fraction of sp³-hybridized carbons (Fsp3) is 0.0526. The second kappa shape index (κ2) is 6.68. The molecular weight excluding hydrogens is 384 g/mol. The molecule has 0 atom stereocenters. The van der Waals surface area contributed by atoms with Crippen molar-refractivity contribution in [2.45, 2.75) is 11.8 Å². The molecule has 136 valence electrons. The molecule has 0 radical (unpaired) electrons. The molecule has 2 aromatic heterocycles. The number of sulfonamides is 1. The van der Waals surface area contributed by atoms with E-state index in [0.29, 0.717) is 11.5 Å². The summed E-state index contributed by atoms with van der Waals surface area (Å²) in [7, 11) is -3.80. The van der Waals surface area contributed by atoms with Crippen LogP contribution in [0.15, 0.2) is 71.9 Å². The van der Waals surface area contributed by atoms with Crippen molar-refractivity contribution in [2.75, 3.05) is 4.72 Å². The number of benzene rings is 2. The lowest BCUT2D eigenvalue weighted by atomic mass is 10.1. The van der Waals surface area contributed by atoms with Gasteiger partial charge in [-0.25, -0.2) is 18.4 Å². The number of rotatable bonds is 4. The molecule has 1 N–H and O–H groups in total. The predicted molar refractivity (Wildman–Crippen MR) is 105 cm³/mol. The number of nitrogens with zero attached hydrogens (tertiary/aromatic N) is 3. The van der Waals surface area contributed by atoms with Gasteiger partial charge < -0.3 is 0 Å². The van der Waals surface area contributed by atoms with Gasteiger partial charge in [0, 0.05) is 29.3 Å². The van der Waals surface area contributed by atoms with Crippen molar-refractivity contribution in [3.63, 3.8) is 0 Å².